The van der Waals surface area contributed by atoms with E-state index in [0.29, 0.717) is 15.2 Å². The standard InChI is InChI=1S/C11H11BrClN3O4/c12-9-5(13)2-1-3-6(9)15-11(20)16-7(10(18)19)4-8(14)17/h1-3,7H,4H2,(H2,14,17)(H,18,19)(H2,15,16,20)/t7-/m0/s1. The Morgan fingerprint density at radius 3 is 2.60 bits per heavy atom. The molecule has 1 rings (SSSR count). The van der Waals surface area contributed by atoms with E-state index >= 15 is 0 Å². The number of urea groups is 1. The van der Waals surface area contributed by atoms with Crippen LogP contribution in [-0.4, -0.2) is 29.1 Å². The highest BCUT2D eigenvalue weighted by Crippen LogP contribution is 2.29. The maximum atomic E-state index is 11.7. The summed E-state index contributed by atoms with van der Waals surface area (Å²) >= 11 is 9.03. The molecule has 0 radical (unpaired) electrons. The van der Waals surface area contributed by atoms with E-state index in [1.807, 2.05) is 0 Å². The number of carbonyl (C=O) groups excluding carboxylic acids is 2. The van der Waals surface area contributed by atoms with Gasteiger partial charge in [-0.25, -0.2) is 9.59 Å². The highest BCUT2D eigenvalue weighted by atomic mass is 79.9. The zero-order valence-corrected chi connectivity index (χ0v) is 12.4. The average Bonchev–Trinajstić information content (AvgIpc) is 2.33. The van der Waals surface area contributed by atoms with Gasteiger partial charge in [0.15, 0.2) is 0 Å². The van der Waals surface area contributed by atoms with Crippen molar-refractivity contribution >= 4 is 51.1 Å². The molecule has 7 nitrogen and oxygen atoms in total. The molecule has 0 bridgehead atoms. The molecule has 0 unspecified atom stereocenters. The van der Waals surface area contributed by atoms with Crippen LogP contribution in [0.1, 0.15) is 6.42 Å². The summed E-state index contributed by atoms with van der Waals surface area (Å²) in [7, 11) is 0. The molecule has 0 saturated heterocycles. The van der Waals surface area contributed by atoms with Crippen LogP contribution in [-0.2, 0) is 9.59 Å². The Morgan fingerprint density at radius 1 is 1.40 bits per heavy atom. The molecule has 0 heterocycles. The van der Waals surface area contributed by atoms with E-state index in [0.717, 1.165) is 0 Å². The number of rotatable bonds is 5. The zero-order valence-electron chi connectivity index (χ0n) is 10.0. The summed E-state index contributed by atoms with van der Waals surface area (Å²) < 4.78 is 0.457. The predicted octanol–water partition coefficient (Wildman–Crippen LogP) is 1.55. The van der Waals surface area contributed by atoms with Crippen LogP contribution >= 0.6 is 27.5 Å². The number of carbonyl (C=O) groups is 3. The SMILES string of the molecule is NC(=O)C[C@H](NC(=O)Nc1cccc(Cl)c1Br)C(=O)O. The fraction of sp³-hybridized carbons (Fsp3) is 0.182. The predicted molar refractivity (Wildman–Crippen MR) is 76.5 cm³/mol. The highest BCUT2D eigenvalue weighted by molar-refractivity contribution is 9.10. The third kappa shape index (κ3) is 4.71. The first-order valence-electron chi connectivity index (χ1n) is 5.34. The van der Waals surface area contributed by atoms with E-state index in [1.54, 1.807) is 18.2 Å². The molecule has 0 aliphatic heterocycles. The molecule has 3 amide bonds. The van der Waals surface area contributed by atoms with E-state index in [1.165, 1.54) is 0 Å². The summed E-state index contributed by atoms with van der Waals surface area (Å²) in [5.74, 6) is -2.19. The second-order valence-corrected chi connectivity index (χ2v) is 4.96. The van der Waals surface area contributed by atoms with Gasteiger partial charge in [-0.2, -0.15) is 0 Å². The van der Waals surface area contributed by atoms with Gasteiger partial charge in [0.2, 0.25) is 5.91 Å². The monoisotopic (exact) mass is 363 g/mol. The molecule has 0 spiro atoms. The van der Waals surface area contributed by atoms with Crippen molar-refractivity contribution in [3.05, 3.63) is 27.7 Å². The molecule has 1 aromatic carbocycles. The average molecular weight is 365 g/mol. The molecule has 108 valence electrons. The number of primary amides is 1. The fourth-order valence-corrected chi connectivity index (χ4v) is 1.86. The summed E-state index contributed by atoms with van der Waals surface area (Å²) in [5.41, 5.74) is 5.26. The molecule has 5 N–H and O–H groups in total. The van der Waals surface area contributed by atoms with Crippen LogP contribution in [0.5, 0.6) is 0 Å². The van der Waals surface area contributed by atoms with Crippen LogP contribution in [0.3, 0.4) is 0 Å². The van der Waals surface area contributed by atoms with Gasteiger partial charge in [-0.3, -0.25) is 4.79 Å². The summed E-state index contributed by atoms with van der Waals surface area (Å²) in [5, 5.41) is 13.8. The van der Waals surface area contributed by atoms with Crippen LogP contribution in [0.15, 0.2) is 22.7 Å². The van der Waals surface area contributed by atoms with Crippen molar-refractivity contribution in [3.8, 4) is 0 Å². The molecule has 0 saturated carbocycles. The number of carboxylic acids is 1. The zero-order chi connectivity index (χ0) is 15.3. The number of benzene rings is 1. The second kappa shape index (κ2) is 7.11. The third-order valence-corrected chi connectivity index (χ3v) is 3.61. The number of anilines is 1. The summed E-state index contributed by atoms with van der Waals surface area (Å²) in [6, 6.07) is 2.61. The largest absolute Gasteiger partial charge is 0.480 e. The molecule has 1 atom stereocenters. The van der Waals surface area contributed by atoms with Crippen LogP contribution < -0.4 is 16.4 Å². The molecule has 20 heavy (non-hydrogen) atoms. The first-order chi connectivity index (χ1) is 9.31. The van der Waals surface area contributed by atoms with Crippen molar-refractivity contribution in [1.82, 2.24) is 5.32 Å². The van der Waals surface area contributed by atoms with Gasteiger partial charge in [0.1, 0.15) is 6.04 Å². The van der Waals surface area contributed by atoms with Gasteiger partial charge in [-0.15, -0.1) is 0 Å². The number of halogens is 2. The Bertz CT molecular complexity index is 552. The van der Waals surface area contributed by atoms with Crippen LogP contribution in [0, 0.1) is 0 Å². The van der Waals surface area contributed by atoms with Gasteiger partial charge in [0.05, 0.1) is 21.6 Å². The molecule has 1 aromatic rings. The molecule has 0 aliphatic carbocycles. The Balaban J connectivity index is 2.73. The quantitative estimate of drug-likeness (QED) is 0.633. The van der Waals surface area contributed by atoms with Crippen LogP contribution in [0.2, 0.25) is 5.02 Å². The molecule has 0 aromatic heterocycles. The van der Waals surface area contributed by atoms with Gasteiger partial charge in [0.25, 0.3) is 0 Å². The minimum absolute atomic E-state index is 0.359. The molecular weight excluding hydrogens is 353 g/mol. The Morgan fingerprint density at radius 2 is 2.05 bits per heavy atom. The first kappa shape index (κ1) is 16.3. The van der Waals surface area contributed by atoms with E-state index in [2.05, 4.69) is 26.6 Å². The smallest absolute Gasteiger partial charge is 0.326 e. The lowest BCUT2D eigenvalue weighted by Crippen LogP contribution is -2.45. The maximum Gasteiger partial charge on any atom is 0.326 e. The van der Waals surface area contributed by atoms with Crippen molar-refractivity contribution in [1.29, 1.82) is 0 Å². The molecule has 9 heteroatoms. The van der Waals surface area contributed by atoms with E-state index in [9.17, 15) is 14.4 Å². The number of amides is 3. The van der Waals surface area contributed by atoms with E-state index in [-0.39, 0.29) is 0 Å². The summed E-state index contributed by atoms with van der Waals surface area (Å²) in [6.45, 7) is 0. The fourth-order valence-electron chi connectivity index (χ4n) is 1.32. The highest BCUT2D eigenvalue weighted by Gasteiger charge is 2.22. The molecule has 0 aliphatic rings. The summed E-state index contributed by atoms with van der Waals surface area (Å²) in [4.78, 5) is 33.2. The minimum atomic E-state index is -1.40. The number of hydrogen-bond acceptors (Lipinski definition) is 3. The van der Waals surface area contributed by atoms with Gasteiger partial charge >= 0.3 is 12.0 Å². The minimum Gasteiger partial charge on any atom is -0.480 e. The van der Waals surface area contributed by atoms with Crippen molar-refractivity contribution in [3.63, 3.8) is 0 Å². The van der Waals surface area contributed by atoms with Crippen molar-refractivity contribution in [2.75, 3.05) is 5.32 Å². The topological polar surface area (TPSA) is 122 Å². The lowest BCUT2D eigenvalue weighted by atomic mass is 10.2. The molecule has 0 fully saturated rings. The Hall–Kier alpha value is -1.80. The lowest BCUT2D eigenvalue weighted by molar-refractivity contribution is -0.140. The number of hydrogen-bond donors (Lipinski definition) is 4. The van der Waals surface area contributed by atoms with Gasteiger partial charge in [-0.05, 0) is 28.1 Å². The van der Waals surface area contributed by atoms with Crippen LogP contribution in [0.25, 0.3) is 0 Å². The number of nitrogens with one attached hydrogen (secondary N) is 2. The van der Waals surface area contributed by atoms with Crippen molar-refractivity contribution < 1.29 is 19.5 Å². The number of nitrogens with two attached hydrogens (primary N) is 1. The van der Waals surface area contributed by atoms with Crippen molar-refractivity contribution in [2.45, 2.75) is 12.5 Å². The first-order valence-corrected chi connectivity index (χ1v) is 6.51. The van der Waals surface area contributed by atoms with E-state index < -0.39 is 30.4 Å². The van der Waals surface area contributed by atoms with Gasteiger partial charge < -0.3 is 21.5 Å². The van der Waals surface area contributed by atoms with Crippen LogP contribution in [0.4, 0.5) is 10.5 Å². The normalized spacial score (nSPS) is 11.5. The maximum absolute atomic E-state index is 11.7. The van der Waals surface area contributed by atoms with Gasteiger partial charge in [0, 0.05) is 0 Å². The van der Waals surface area contributed by atoms with Gasteiger partial charge in [-0.1, -0.05) is 17.7 Å². The Labute approximate surface area is 127 Å². The van der Waals surface area contributed by atoms with Crippen molar-refractivity contribution in [2.24, 2.45) is 5.73 Å². The molecular formula is C11H11BrClN3O4. The second-order valence-electron chi connectivity index (χ2n) is 3.76. The summed E-state index contributed by atoms with van der Waals surface area (Å²) in [6.07, 6.45) is -0.501. The Kier molecular flexibility index (Phi) is 5.78. The van der Waals surface area contributed by atoms with E-state index in [4.69, 9.17) is 22.4 Å². The third-order valence-electron chi connectivity index (χ3n) is 2.21. The number of carboxylic acid groups (broad SMARTS) is 1. The number of aliphatic carboxylic acids is 1. The lowest BCUT2D eigenvalue weighted by Gasteiger charge is -2.14.